The van der Waals surface area contributed by atoms with Crippen LogP contribution < -0.4 is 0 Å². The van der Waals surface area contributed by atoms with E-state index in [-0.39, 0.29) is 0 Å². The van der Waals surface area contributed by atoms with E-state index >= 15 is 0 Å². The Labute approximate surface area is 385 Å². The molecular weight excluding hydrogens is 852 g/mol. The van der Waals surface area contributed by atoms with E-state index in [4.69, 9.17) is 47.4 Å². The van der Waals surface area contributed by atoms with Gasteiger partial charge in [-0.2, -0.15) is 0 Å². The standard InChI is InChI=1S/C47H78O18/c1-41(2,3)34(49)56-22-24-26(28(62-37(52)44(10,11)12)30(32(48)58-24)64-39(54)46(16,17)18)60-33-31(65-40(55)47(19,20)21)29(63-38(53)45(13,14)15)27(61-36(51)43(7,8)9)25(59-33)23-57-35(50)42(4,5)6/h24-33,48H,22-23H2,1-21H3/t24-,25-,26-,27+,28+,29+,30-,31-,32+,33+/m1/s1. The maximum Gasteiger partial charge on any atom is 0.311 e. The maximum absolute atomic E-state index is 14.0. The van der Waals surface area contributed by atoms with Gasteiger partial charge in [0, 0.05) is 0 Å². The molecule has 0 amide bonds. The lowest BCUT2D eigenvalue weighted by atomic mass is 9.92. The summed E-state index contributed by atoms with van der Waals surface area (Å²) in [5.74, 6) is -5.52. The summed E-state index contributed by atoms with van der Waals surface area (Å²) in [5.41, 5.74) is -7.92. The lowest BCUT2D eigenvalue weighted by Crippen LogP contribution is -2.68. The zero-order chi connectivity index (χ0) is 50.8. The second kappa shape index (κ2) is 20.6. The van der Waals surface area contributed by atoms with Gasteiger partial charge in [-0.3, -0.25) is 33.6 Å². The van der Waals surface area contributed by atoms with Crippen LogP contribution in [-0.2, 0) is 80.9 Å². The average Bonchev–Trinajstić information content (AvgIpc) is 3.11. The third-order valence-corrected chi connectivity index (χ3v) is 9.75. The van der Waals surface area contributed by atoms with Gasteiger partial charge in [-0.15, -0.1) is 0 Å². The fourth-order valence-corrected chi connectivity index (χ4v) is 5.38. The molecule has 374 valence electrons. The number of carbonyl (C=O) groups is 7. The van der Waals surface area contributed by atoms with E-state index in [0.717, 1.165) is 0 Å². The van der Waals surface area contributed by atoms with Gasteiger partial charge < -0.3 is 52.5 Å². The molecule has 2 heterocycles. The van der Waals surface area contributed by atoms with Crippen LogP contribution in [0.2, 0.25) is 0 Å². The Hall–Kier alpha value is -3.87. The van der Waals surface area contributed by atoms with E-state index in [1.54, 1.807) is 145 Å². The highest BCUT2D eigenvalue weighted by Crippen LogP contribution is 2.39. The second-order valence-corrected chi connectivity index (χ2v) is 24.0. The largest absolute Gasteiger partial charge is 0.462 e. The lowest BCUT2D eigenvalue weighted by Gasteiger charge is -2.49. The molecule has 0 aromatic rings. The Balaban J connectivity index is 3.10. The molecule has 0 unspecified atom stereocenters. The van der Waals surface area contributed by atoms with Crippen LogP contribution in [0.3, 0.4) is 0 Å². The summed E-state index contributed by atoms with van der Waals surface area (Å²) in [6, 6.07) is 0. The SMILES string of the molecule is CC(C)(C)C(=O)OC[C@H]1O[C@@H](O[C@H]2[C@H](OC(=O)C(C)(C)C)[C@@H](OC(=O)C(C)(C)C)[C@@H](O)O[C@@H]2COC(=O)C(C)(C)C)[C@H](OC(=O)C(C)(C)C)[C@@H](OC(=O)C(C)(C)C)[C@H]1OC(=O)C(C)(C)C. The molecule has 65 heavy (non-hydrogen) atoms. The van der Waals surface area contributed by atoms with Crippen LogP contribution in [0.15, 0.2) is 0 Å². The zero-order valence-corrected chi connectivity index (χ0v) is 42.6. The summed E-state index contributed by atoms with van der Waals surface area (Å²) >= 11 is 0. The maximum atomic E-state index is 14.0. The third-order valence-electron chi connectivity index (χ3n) is 9.75. The van der Waals surface area contributed by atoms with Crippen LogP contribution in [0.5, 0.6) is 0 Å². The summed E-state index contributed by atoms with van der Waals surface area (Å²) in [5, 5.41) is 11.5. The first-order chi connectivity index (χ1) is 29.0. The number of aliphatic hydroxyl groups is 1. The Morgan fingerprint density at radius 2 is 0.615 bits per heavy atom. The van der Waals surface area contributed by atoms with Crippen LogP contribution in [-0.4, -0.2) is 122 Å². The fourth-order valence-electron chi connectivity index (χ4n) is 5.38. The molecule has 0 aliphatic carbocycles. The van der Waals surface area contributed by atoms with Crippen molar-refractivity contribution in [2.45, 2.75) is 207 Å². The van der Waals surface area contributed by atoms with Gasteiger partial charge in [-0.05, 0) is 145 Å². The van der Waals surface area contributed by atoms with Crippen LogP contribution in [0.1, 0.15) is 145 Å². The molecular formula is C47H78O18. The Kier molecular flexibility index (Phi) is 18.1. The molecule has 2 rings (SSSR count). The van der Waals surface area contributed by atoms with Gasteiger partial charge in [-0.1, -0.05) is 0 Å². The number of esters is 7. The average molecular weight is 931 g/mol. The molecule has 18 nitrogen and oxygen atoms in total. The molecule has 0 saturated carbocycles. The lowest BCUT2D eigenvalue weighted by molar-refractivity contribution is -0.359. The molecule has 0 aromatic heterocycles. The van der Waals surface area contributed by atoms with Gasteiger partial charge in [0.15, 0.2) is 43.1 Å². The van der Waals surface area contributed by atoms with Crippen LogP contribution in [0.4, 0.5) is 0 Å². The van der Waals surface area contributed by atoms with E-state index in [1.165, 1.54) is 0 Å². The Morgan fingerprint density at radius 3 is 0.938 bits per heavy atom. The monoisotopic (exact) mass is 931 g/mol. The van der Waals surface area contributed by atoms with Gasteiger partial charge in [0.25, 0.3) is 0 Å². The smallest absolute Gasteiger partial charge is 0.311 e. The quantitative estimate of drug-likeness (QED) is 0.191. The molecule has 0 aromatic carbocycles. The van der Waals surface area contributed by atoms with Crippen LogP contribution >= 0.6 is 0 Å². The summed E-state index contributed by atoms with van der Waals surface area (Å²) in [6.07, 6.45) is -17.4. The van der Waals surface area contributed by atoms with Crippen molar-refractivity contribution in [1.82, 2.24) is 0 Å². The Bertz CT molecular complexity index is 1720. The minimum absolute atomic E-state index is 0.623. The minimum atomic E-state index is -2.00. The molecule has 2 saturated heterocycles. The van der Waals surface area contributed by atoms with Crippen molar-refractivity contribution in [2.24, 2.45) is 37.9 Å². The van der Waals surface area contributed by atoms with Crippen molar-refractivity contribution < 1.29 is 86.0 Å². The molecule has 2 aliphatic heterocycles. The van der Waals surface area contributed by atoms with Gasteiger partial charge in [0.2, 0.25) is 0 Å². The van der Waals surface area contributed by atoms with Crippen LogP contribution in [0, 0.1) is 37.9 Å². The zero-order valence-electron chi connectivity index (χ0n) is 42.6. The van der Waals surface area contributed by atoms with Crippen molar-refractivity contribution in [1.29, 1.82) is 0 Å². The normalized spacial score (nSPS) is 27.1. The summed E-state index contributed by atoms with van der Waals surface area (Å²) in [7, 11) is 0. The first-order valence-corrected chi connectivity index (χ1v) is 22.0. The predicted octanol–water partition coefficient (Wildman–Crippen LogP) is 5.78. The summed E-state index contributed by atoms with van der Waals surface area (Å²) in [4.78, 5) is 95.4. The molecule has 0 spiro atoms. The first-order valence-electron chi connectivity index (χ1n) is 22.0. The Morgan fingerprint density at radius 1 is 0.354 bits per heavy atom. The van der Waals surface area contributed by atoms with E-state index in [0.29, 0.717) is 0 Å². The molecule has 2 aliphatic rings. The number of carbonyl (C=O) groups excluding carboxylic acids is 7. The van der Waals surface area contributed by atoms with E-state index < -0.39 is 154 Å². The predicted molar refractivity (Wildman–Crippen MR) is 232 cm³/mol. The molecule has 10 atom stereocenters. The number of aliphatic hydroxyl groups excluding tert-OH is 1. The van der Waals surface area contributed by atoms with E-state index in [1.807, 2.05) is 0 Å². The number of hydrogen-bond acceptors (Lipinski definition) is 18. The van der Waals surface area contributed by atoms with Crippen LogP contribution in [0.25, 0.3) is 0 Å². The number of rotatable bonds is 11. The number of ether oxygens (including phenoxy) is 10. The first kappa shape index (κ1) is 57.3. The van der Waals surface area contributed by atoms with Gasteiger partial charge in [0.05, 0.1) is 37.9 Å². The minimum Gasteiger partial charge on any atom is -0.462 e. The molecule has 0 bridgehead atoms. The highest BCUT2D eigenvalue weighted by atomic mass is 16.8. The molecule has 0 radical (unpaired) electrons. The van der Waals surface area contributed by atoms with Gasteiger partial charge in [0.1, 0.15) is 31.5 Å². The highest BCUT2D eigenvalue weighted by molar-refractivity contribution is 5.79. The van der Waals surface area contributed by atoms with Crippen molar-refractivity contribution in [2.75, 3.05) is 13.2 Å². The summed E-state index contributed by atoms with van der Waals surface area (Å²) in [6.45, 7) is 31.9. The van der Waals surface area contributed by atoms with Gasteiger partial charge in [-0.25, -0.2) is 0 Å². The van der Waals surface area contributed by atoms with Crippen molar-refractivity contribution in [3.63, 3.8) is 0 Å². The van der Waals surface area contributed by atoms with Crippen molar-refractivity contribution >= 4 is 41.8 Å². The molecule has 2 fully saturated rings. The van der Waals surface area contributed by atoms with E-state index in [9.17, 15) is 38.7 Å². The second-order valence-electron chi connectivity index (χ2n) is 24.0. The van der Waals surface area contributed by atoms with Crippen molar-refractivity contribution in [3.05, 3.63) is 0 Å². The number of hydrogen-bond donors (Lipinski definition) is 1. The van der Waals surface area contributed by atoms with Crippen molar-refractivity contribution in [3.8, 4) is 0 Å². The fraction of sp³-hybridized carbons (Fsp3) is 0.851. The highest BCUT2D eigenvalue weighted by Gasteiger charge is 2.59. The van der Waals surface area contributed by atoms with E-state index in [2.05, 4.69) is 0 Å². The third kappa shape index (κ3) is 16.2. The topological polar surface area (TPSA) is 232 Å². The molecule has 1 N–H and O–H groups in total. The summed E-state index contributed by atoms with van der Waals surface area (Å²) < 4.78 is 60.8. The van der Waals surface area contributed by atoms with Gasteiger partial charge >= 0.3 is 41.8 Å². The molecule has 18 heteroatoms.